The van der Waals surface area contributed by atoms with Crippen LogP contribution in [0.2, 0.25) is 0 Å². The smallest absolute Gasteiger partial charge is 0.307 e. The third-order valence-corrected chi connectivity index (χ3v) is 5.35. The van der Waals surface area contributed by atoms with E-state index in [1.807, 2.05) is 0 Å². The third kappa shape index (κ3) is 3.24. The van der Waals surface area contributed by atoms with E-state index < -0.39 is 5.91 Å². The lowest BCUT2D eigenvalue weighted by Gasteiger charge is -2.30. The number of likely N-dealkylation sites (tertiary alicyclic amines) is 1. The molecule has 12 nitrogen and oxygen atoms in total. The fraction of sp³-hybridized carbons (Fsp3) is 0.444. The first-order valence-electron chi connectivity index (χ1n) is 9.83. The molecule has 0 radical (unpaired) electrons. The first kappa shape index (κ1) is 18.5. The maximum atomic E-state index is 12.9. The number of H-pyrrole nitrogens is 1. The number of amides is 2. The molecule has 5 heterocycles. The van der Waals surface area contributed by atoms with Crippen molar-refractivity contribution < 1.29 is 18.8 Å². The van der Waals surface area contributed by atoms with E-state index in [4.69, 9.17) is 4.74 Å². The highest BCUT2D eigenvalue weighted by Gasteiger charge is 2.29. The topological polar surface area (TPSA) is 125 Å². The largest absolute Gasteiger partial charge is 0.378 e. The molecule has 0 spiro atoms. The minimum Gasteiger partial charge on any atom is -0.378 e. The summed E-state index contributed by atoms with van der Waals surface area (Å²) in [5.41, 5.74) is 1.11. The second-order valence-electron chi connectivity index (χ2n) is 7.28. The van der Waals surface area contributed by atoms with Gasteiger partial charge in [0.2, 0.25) is 5.82 Å². The van der Waals surface area contributed by atoms with Crippen molar-refractivity contribution in [3.63, 3.8) is 0 Å². The van der Waals surface area contributed by atoms with E-state index in [1.54, 1.807) is 28.9 Å². The highest BCUT2D eigenvalue weighted by Crippen LogP contribution is 2.17. The second-order valence-corrected chi connectivity index (χ2v) is 7.28. The number of aryl methyl sites for hydroxylation is 1. The van der Waals surface area contributed by atoms with E-state index in [0.717, 1.165) is 25.5 Å². The molecule has 0 aromatic carbocycles. The number of nitrogens with zero attached hydrogens (tertiary/aromatic N) is 7. The van der Waals surface area contributed by atoms with Gasteiger partial charge in [0.15, 0.2) is 0 Å². The zero-order valence-corrected chi connectivity index (χ0v) is 16.5. The van der Waals surface area contributed by atoms with E-state index in [1.165, 1.54) is 10.9 Å². The van der Waals surface area contributed by atoms with Gasteiger partial charge in [0.05, 0.1) is 31.0 Å². The average molecular weight is 412 g/mol. The number of ether oxygens (including phenoxy) is 1. The number of carbonyl (C=O) groups is 2. The van der Waals surface area contributed by atoms with Gasteiger partial charge in [-0.15, -0.1) is 4.52 Å². The highest BCUT2D eigenvalue weighted by molar-refractivity contribution is 6.10. The van der Waals surface area contributed by atoms with Crippen LogP contribution in [-0.4, -0.2) is 81.0 Å². The Hall–Kier alpha value is -3.54. The molecule has 0 bridgehead atoms. The van der Waals surface area contributed by atoms with Crippen molar-refractivity contribution in [2.75, 3.05) is 49.6 Å². The van der Waals surface area contributed by atoms with Gasteiger partial charge in [-0.1, -0.05) is 9.97 Å². The lowest BCUT2D eigenvalue weighted by molar-refractivity contribution is -0.579. The predicted molar refractivity (Wildman–Crippen MR) is 104 cm³/mol. The van der Waals surface area contributed by atoms with E-state index in [2.05, 4.69) is 30.4 Å². The Labute approximate surface area is 171 Å². The maximum absolute atomic E-state index is 12.9. The van der Waals surface area contributed by atoms with Gasteiger partial charge in [0.25, 0.3) is 23.8 Å². The molecular formula is C18H22N9O3+. The number of carbonyl (C=O) groups excluding carboxylic acids is 2. The van der Waals surface area contributed by atoms with Gasteiger partial charge in [-0.2, -0.15) is 10.2 Å². The molecule has 2 amide bonds. The fourth-order valence-electron chi connectivity index (χ4n) is 3.54. The summed E-state index contributed by atoms with van der Waals surface area (Å²) in [6.45, 7) is 4.23. The van der Waals surface area contributed by atoms with Gasteiger partial charge >= 0.3 is 5.95 Å². The van der Waals surface area contributed by atoms with Crippen LogP contribution in [0, 0.1) is 0 Å². The molecular weight excluding hydrogens is 390 g/mol. The quantitative estimate of drug-likeness (QED) is 0.538. The molecule has 2 aliphatic rings. The van der Waals surface area contributed by atoms with Gasteiger partial charge in [-0.25, -0.2) is 0 Å². The third-order valence-electron chi connectivity index (χ3n) is 5.35. The van der Waals surface area contributed by atoms with Crippen molar-refractivity contribution in [2.45, 2.75) is 6.42 Å². The molecule has 156 valence electrons. The SMILES string of the molecule is Cn1ncc(C(=O)N2CCC2)c1C(=O)Nc1cc2nc(N3CCOCC3)[nH][n+]2cn1. The van der Waals surface area contributed by atoms with E-state index in [9.17, 15) is 9.59 Å². The molecule has 2 saturated heterocycles. The van der Waals surface area contributed by atoms with Crippen molar-refractivity contribution in [3.05, 3.63) is 29.8 Å². The molecule has 30 heavy (non-hydrogen) atoms. The van der Waals surface area contributed by atoms with Crippen LogP contribution in [0.3, 0.4) is 0 Å². The van der Waals surface area contributed by atoms with Crippen molar-refractivity contribution in [1.82, 2.24) is 29.7 Å². The van der Waals surface area contributed by atoms with Crippen LogP contribution < -0.4 is 14.7 Å². The van der Waals surface area contributed by atoms with Crippen molar-refractivity contribution >= 4 is 29.2 Å². The molecule has 12 heteroatoms. The summed E-state index contributed by atoms with van der Waals surface area (Å²) < 4.78 is 8.46. The summed E-state index contributed by atoms with van der Waals surface area (Å²) in [6.07, 6.45) is 3.97. The Kier molecular flexibility index (Phi) is 4.54. The zero-order chi connectivity index (χ0) is 20.7. The summed E-state index contributed by atoms with van der Waals surface area (Å²) in [5.74, 6) is 0.432. The molecule has 0 atom stereocenters. The summed E-state index contributed by atoms with van der Waals surface area (Å²) >= 11 is 0. The van der Waals surface area contributed by atoms with Crippen molar-refractivity contribution in [3.8, 4) is 0 Å². The van der Waals surface area contributed by atoms with Crippen LogP contribution in [0.1, 0.15) is 27.3 Å². The summed E-state index contributed by atoms with van der Waals surface area (Å²) in [7, 11) is 1.64. The van der Waals surface area contributed by atoms with Crippen molar-refractivity contribution in [2.24, 2.45) is 7.05 Å². The number of anilines is 2. The van der Waals surface area contributed by atoms with E-state index in [0.29, 0.717) is 43.3 Å². The molecule has 2 aliphatic heterocycles. The number of hydrogen-bond donors (Lipinski definition) is 2. The number of fused-ring (bicyclic) bond motifs is 1. The van der Waals surface area contributed by atoms with Gasteiger partial charge in [-0.3, -0.25) is 19.6 Å². The number of morpholine rings is 1. The number of aromatic nitrogens is 6. The minimum atomic E-state index is -0.445. The number of aromatic amines is 1. The Balaban J connectivity index is 1.37. The highest BCUT2D eigenvalue weighted by atomic mass is 16.5. The van der Waals surface area contributed by atoms with E-state index >= 15 is 0 Å². The van der Waals surface area contributed by atoms with Gasteiger partial charge in [-0.05, 0) is 6.42 Å². The molecule has 3 aromatic heterocycles. The minimum absolute atomic E-state index is 0.180. The lowest BCUT2D eigenvalue weighted by Crippen LogP contribution is -2.42. The molecule has 5 rings (SSSR count). The molecule has 3 aromatic rings. The fourth-order valence-corrected chi connectivity index (χ4v) is 3.54. The molecule has 2 N–H and O–H groups in total. The summed E-state index contributed by atoms with van der Waals surface area (Å²) in [4.78, 5) is 38.1. The molecule has 2 fully saturated rings. The summed E-state index contributed by atoms with van der Waals surface area (Å²) in [5, 5.41) is 10.0. The average Bonchev–Trinajstić information content (AvgIpc) is 3.30. The van der Waals surface area contributed by atoms with Crippen LogP contribution in [0.25, 0.3) is 5.65 Å². The van der Waals surface area contributed by atoms with Gasteiger partial charge in [0, 0.05) is 33.2 Å². The molecule has 0 aliphatic carbocycles. The standard InChI is InChI=1S/C18H21N9O3/c1-24-15(12(10-20-24)17(29)25-3-2-4-25)16(28)21-13-9-14-22-18(23-27(14)11-19-13)26-5-7-30-8-6-26/h9-11H,2-8H2,1H3,(H,21,22,23,28)/p+1. The number of hydrogen-bond acceptors (Lipinski definition) is 7. The lowest BCUT2D eigenvalue weighted by atomic mass is 10.1. The number of rotatable bonds is 4. The Bertz CT molecular complexity index is 1110. The van der Waals surface area contributed by atoms with Crippen LogP contribution >= 0.6 is 0 Å². The van der Waals surface area contributed by atoms with Crippen molar-refractivity contribution in [1.29, 1.82) is 0 Å². The first-order chi connectivity index (χ1) is 14.6. The van der Waals surface area contributed by atoms with Crippen LogP contribution in [0.5, 0.6) is 0 Å². The van der Waals surface area contributed by atoms with Gasteiger partial charge < -0.3 is 14.5 Å². The van der Waals surface area contributed by atoms with E-state index in [-0.39, 0.29) is 11.6 Å². The first-order valence-corrected chi connectivity index (χ1v) is 9.83. The monoisotopic (exact) mass is 412 g/mol. The normalized spacial score (nSPS) is 16.6. The maximum Gasteiger partial charge on any atom is 0.307 e. The zero-order valence-electron chi connectivity index (χ0n) is 16.5. The molecule has 0 unspecified atom stereocenters. The van der Waals surface area contributed by atoms with Crippen LogP contribution in [0.15, 0.2) is 18.6 Å². The van der Waals surface area contributed by atoms with Crippen LogP contribution in [-0.2, 0) is 11.8 Å². The summed E-state index contributed by atoms with van der Waals surface area (Å²) in [6, 6.07) is 1.67. The second kappa shape index (κ2) is 7.37. The Morgan fingerprint density at radius 3 is 2.77 bits per heavy atom. The Morgan fingerprint density at radius 2 is 2.03 bits per heavy atom. The predicted octanol–water partition coefficient (Wildman–Crippen LogP) is -0.788. The Morgan fingerprint density at radius 1 is 1.23 bits per heavy atom. The van der Waals surface area contributed by atoms with Crippen LogP contribution in [0.4, 0.5) is 11.8 Å². The number of nitrogens with one attached hydrogen (secondary N) is 2. The molecule has 0 saturated carbocycles. The van der Waals surface area contributed by atoms with Gasteiger partial charge in [0.1, 0.15) is 5.69 Å².